The molecule has 2 aromatic rings. The second kappa shape index (κ2) is 7.88. The van der Waals surface area contributed by atoms with Gasteiger partial charge in [-0.2, -0.15) is 0 Å². The van der Waals surface area contributed by atoms with E-state index in [1.807, 2.05) is 24.5 Å². The number of aromatic nitrogens is 2. The topological polar surface area (TPSA) is 70.3 Å². The van der Waals surface area contributed by atoms with E-state index in [2.05, 4.69) is 10.2 Å². The molecule has 0 aliphatic carbocycles. The maximum atomic E-state index is 6.28. The van der Waals surface area contributed by atoms with Gasteiger partial charge in [0.05, 0.1) is 14.2 Å². The van der Waals surface area contributed by atoms with Gasteiger partial charge >= 0.3 is 0 Å². The number of benzene rings is 1. The monoisotopic (exact) mass is 343 g/mol. The number of methoxy groups -OCH3 is 2. The molecule has 0 saturated heterocycles. The number of nitrogens with zero attached hydrogens (tertiary/aromatic N) is 2. The van der Waals surface area contributed by atoms with Crippen LogP contribution in [0.25, 0.3) is 0 Å². The van der Waals surface area contributed by atoms with E-state index in [0.717, 1.165) is 25.7 Å². The molecule has 0 bridgehead atoms. The largest absolute Gasteiger partial charge is 0.497 e. The average Bonchev–Trinajstić information content (AvgIpc) is 3.00. The highest BCUT2D eigenvalue weighted by molar-refractivity contribution is 8.02. The molecule has 21 heavy (non-hydrogen) atoms. The van der Waals surface area contributed by atoms with E-state index in [1.54, 1.807) is 49.1 Å². The van der Waals surface area contributed by atoms with E-state index >= 15 is 0 Å². The minimum absolute atomic E-state index is 0.165. The van der Waals surface area contributed by atoms with Gasteiger partial charge in [0.15, 0.2) is 8.68 Å². The third-order valence-electron chi connectivity index (χ3n) is 2.79. The molecule has 2 N–H and O–H groups in total. The summed E-state index contributed by atoms with van der Waals surface area (Å²) in [5.74, 6) is 2.24. The van der Waals surface area contributed by atoms with Gasteiger partial charge in [-0.1, -0.05) is 34.9 Å². The van der Waals surface area contributed by atoms with Crippen molar-refractivity contribution >= 4 is 34.9 Å². The SMILES string of the molecule is COc1ccc(OC)c(C(N)CSc2nnc(SC)s2)c1. The zero-order valence-corrected chi connectivity index (χ0v) is 14.5. The van der Waals surface area contributed by atoms with Crippen LogP contribution in [0.1, 0.15) is 11.6 Å². The van der Waals surface area contributed by atoms with E-state index < -0.39 is 0 Å². The molecule has 0 amide bonds. The number of rotatable bonds is 7. The molecule has 0 saturated carbocycles. The first-order valence-corrected chi connectivity index (χ1v) is 9.18. The van der Waals surface area contributed by atoms with Crippen molar-refractivity contribution in [1.29, 1.82) is 0 Å². The maximum absolute atomic E-state index is 6.28. The fourth-order valence-corrected chi connectivity index (χ4v) is 4.16. The number of thioether (sulfide) groups is 2. The molecule has 1 unspecified atom stereocenters. The minimum atomic E-state index is -0.165. The lowest BCUT2D eigenvalue weighted by Gasteiger charge is -2.16. The Labute approximate surface area is 136 Å². The van der Waals surface area contributed by atoms with Gasteiger partial charge in [-0.3, -0.25) is 0 Å². The van der Waals surface area contributed by atoms with Crippen LogP contribution >= 0.6 is 34.9 Å². The van der Waals surface area contributed by atoms with Crippen LogP contribution < -0.4 is 15.2 Å². The first kappa shape index (κ1) is 16.4. The Balaban J connectivity index is 2.06. The highest BCUT2D eigenvalue weighted by atomic mass is 32.2. The number of hydrogen-bond donors (Lipinski definition) is 1. The molecule has 0 spiro atoms. The van der Waals surface area contributed by atoms with Crippen LogP contribution in [0, 0.1) is 0 Å². The standard InChI is InChI=1S/C13H17N3O2S3/c1-17-8-4-5-11(18-2)9(6-8)10(14)7-20-13-16-15-12(19-3)21-13/h4-6,10H,7,14H2,1-3H3. The molecule has 1 aromatic carbocycles. The molecular formula is C13H17N3O2S3. The molecule has 2 rings (SSSR count). The van der Waals surface area contributed by atoms with E-state index in [0.29, 0.717) is 5.75 Å². The summed E-state index contributed by atoms with van der Waals surface area (Å²) in [7, 11) is 3.28. The molecule has 0 fully saturated rings. The lowest BCUT2D eigenvalue weighted by Crippen LogP contribution is -2.14. The van der Waals surface area contributed by atoms with Crippen molar-refractivity contribution in [2.75, 3.05) is 26.2 Å². The van der Waals surface area contributed by atoms with Gasteiger partial charge in [-0.25, -0.2) is 0 Å². The zero-order valence-electron chi connectivity index (χ0n) is 12.0. The van der Waals surface area contributed by atoms with Crippen molar-refractivity contribution in [3.8, 4) is 11.5 Å². The van der Waals surface area contributed by atoms with Crippen LogP contribution in [-0.4, -0.2) is 36.4 Å². The van der Waals surface area contributed by atoms with Crippen molar-refractivity contribution in [3.63, 3.8) is 0 Å². The normalized spacial score (nSPS) is 12.2. The second-order valence-electron chi connectivity index (χ2n) is 4.06. The molecule has 1 heterocycles. The van der Waals surface area contributed by atoms with Gasteiger partial charge in [0.25, 0.3) is 0 Å². The lowest BCUT2D eigenvalue weighted by molar-refractivity contribution is 0.396. The summed E-state index contributed by atoms with van der Waals surface area (Å²) in [6, 6.07) is 5.48. The van der Waals surface area contributed by atoms with E-state index in [1.165, 1.54) is 0 Å². The van der Waals surface area contributed by atoms with Crippen LogP contribution in [0.15, 0.2) is 26.9 Å². The van der Waals surface area contributed by atoms with E-state index in [9.17, 15) is 0 Å². The first-order valence-electron chi connectivity index (χ1n) is 6.15. The summed E-state index contributed by atoms with van der Waals surface area (Å²) in [5.41, 5.74) is 7.21. The van der Waals surface area contributed by atoms with E-state index in [-0.39, 0.29) is 6.04 Å². The van der Waals surface area contributed by atoms with Gasteiger partial charge in [-0.05, 0) is 24.5 Å². The Hall–Kier alpha value is -0.960. The summed E-state index contributed by atoms with van der Waals surface area (Å²) >= 11 is 4.78. The second-order valence-corrected chi connectivity index (χ2v) is 7.36. The van der Waals surface area contributed by atoms with E-state index in [4.69, 9.17) is 15.2 Å². The van der Waals surface area contributed by atoms with Crippen LogP contribution in [0.4, 0.5) is 0 Å². The third-order valence-corrected chi connectivity index (χ3v) is 5.94. The molecule has 114 valence electrons. The highest BCUT2D eigenvalue weighted by Gasteiger charge is 2.15. The van der Waals surface area contributed by atoms with Crippen molar-refractivity contribution in [1.82, 2.24) is 10.2 Å². The molecule has 1 aromatic heterocycles. The summed E-state index contributed by atoms with van der Waals surface area (Å²) in [4.78, 5) is 0. The Bertz CT molecular complexity index is 592. The number of nitrogens with two attached hydrogens (primary N) is 1. The zero-order chi connectivity index (χ0) is 15.2. The molecule has 0 radical (unpaired) electrons. The molecule has 5 nitrogen and oxygen atoms in total. The summed E-state index contributed by atoms with van der Waals surface area (Å²) in [6.07, 6.45) is 1.99. The fourth-order valence-electron chi connectivity index (χ4n) is 1.72. The van der Waals surface area contributed by atoms with Crippen molar-refractivity contribution in [2.24, 2.45) is 5.73 Å². The van der Waals surface area contributed by atoms with Crippen LogP contribution in [0.2, 0.25) is 0 Å². The Morgan fingerprint density at radius 3 is 2.62 bits per heavy atom. The highest BCUT2D eigenvalue weighted by Crippen LogP contribution is 2.33. The Morgan fingerprint density at radius 2 is 2.00 bits per heavy atom. The molecular weight excluding hydrogens is 326 g/mol. The first-order chi connectivity index (χ1) is 10.2. The third kappa shape index (κ3) is 4.26. The quantitative estimate of drug-likeness (QED) is 0.775. The van der Waals surface area contributed by atoms with Crippen molar-refractivity contribution < 1.29 is 9.47 Å². The Morgan fingerprint density at radius 1 is 1.24 bits per heavy atom. The van der Waals surface area contributed by atoms with Crippen LogP contribution in [0.3, 0.4) is 0 Å². The van der Waals surface area contributed by atoms with Gasteiger partial charge in [-0.15, -0.1) is 10.2 Å². The molecule has 1 atom stereocenters. The summed E-state index contributed by atoms with van der Waals surface area (Å²) in [5, 5.41) is 8.20. The molecule has 0 aliphatic rings. The average molecular weight is 343 g/mol. The smallest absolute Gasteiger partial charge is 0.175 e. The maximum Gasteiger partial charge on any atom is 0.175 e. The lowest BCUT2D eigenvalue weighted by atomic mass is 10.1. The van der Waals surface area contributed by atoms with Crippen LogP contribution in [0.5, 0.6) is 11.5 Å². The van der Waals surface area contributed by atoms with Crippen molar-refractivity contribution in [3.05, 3.63) is 23.8 Å². The fraction of sp³-hybridized carbons (Fsp3) is 0.385. The predicted octanol–water partition coefficient (Wildman–Crippen LogP) is 3.07. The number of hydrogen-bond acceptors (Lipinski definition) is 8. The molecule has 0 aliphatic heterocycles. The van der Waals surface area contributed by atoms with Gasteiger partial charge < -0.3 is 15.2 Å². The van der Waals surface area contributed by atoms with Gasteiger partial charge in [0.2, 0.25) is 0 Å². The summed E-state index contributed by atoms with van der Waals surface area (Å²) in [6.45, 7) is 0. The van der Waals surface area contributed by atoms with Gasteiger partial charge in [0, 0.05) is 17.4 Å². The predicted molar refractivity (Wildman–Crippen MR) is 88.9 cm³/mol. The van der Waals surface area contributed by atoms with Gasteiger partial charge in [0.1, 0.15) is 11.5 Å². The van der Waals surface area contributed by atoms with Crippen LogP contribution in [-0.2, 0) is 0 Å². The number of ether oxygens (including phenoxy) is 2. The molecule has 8 heteroatoms. The minimum Gasteiger partial charge on any atom is -0.497 e. The van der Waals surface area contributed by atoms with Crippen molar-refractivity contribution in [2.45, 2.75) is 14.7 Å². The Kier molecular flexibility index (Phi) is 6.16. The summed E-state index contributed by atoms with van der Waals surface area (Å²) < 4.78 is 12.5.